The molecule has 4 heteroatoms. The van der Waals surface area contributed by atoms with E-state index >= 15 is 0 Å². The van der Waals surface area contributed by atoms with Crippen molar-refractivity contribution in [1.29, 1.82) is 0 Å². The number of nitrogens with one attached hydrogen (secondary N) is 1. The van der Waals surface area contributed by atoms with E-state index < -0.39 is 5.41 Å². The molecule has 1 amide bonds. The van der Waals surface area contributed by atoms with Gasteiger partial charge in [0, 0.05) is 11.2 Å². The minimum atomic E-state index is -0.456. The standard InChI is InChI=1S/C16H15ClN2O/c17-13-6-3-5-12(11-13)16(8-4-9-16)15(20)19-14-7-1-2-10-18-14/h1-3,5-7,10-11H,4,8-9H2,(H,18,19,20). The topological polar surface area (TPSA) is 42.0 Å². The predicted molar refractivity (Wildman–Crippen MR) is 79.8 cm³/mol. The van der Waals surface area contributed by atoms with E-state index in [2.05, 4.69) is 10.3 Å². The van der Waals surface area contributed by atoms with E-state index in [1.807, 2.05) is 36.4 Å². The van der Waals surface area contributed by atoms with Crippen LogP contribution in [-0.2, 0) is 10.2 Å². The molecule has 0 aliphatic heterocycles. The van der Waals surface area contributed by atoms with Crippen LogP contribution in [0.3, 0.4) is 0 Å². The maximum Gasteiger partial charge on any atom is 0.236 e. The first-order valence-corrected chi connectivity index (χ1v) is 7.07. The fraction of sp³-hybridized carbons (Fsp3) is 0.250. The summed E-state index contributed by atoms with van der Waals surface area (Å²) in [5.74, 6) is 0.593. The van der Waals surface area contributed by atoms with Crippen molar-refractivity contribution in [3.8, 4) is 0 Å². The van der Waals surface area contributed by atoms with E-state index in [1.54, 1.807) is 12.3 Å². The van der Waals surface area contributed by atoms with E-state index in [4.69, 9.17) is 11.6 Å². The third kappa shape index (κ3) is 2.29. The van der Waals surface area contributed by atoms with Gasteiger partial charge >= 0.3 is 0 Å². The third-order valence-corrected chi connectivity index (χ3v) is 4.16. The largest absolute Gasteiger partial charge is 0.310 e. The number of benzene rings is 1. The number of pyridine rings is 1. The van der Waals surface area contributed by atoms with E-state index in [9.17, 15) is 4.79 Å². The second-order valence-corrected chi connectivity index (χ2v) is 5.55. The number of hydrogen-bond donors (Lipinski definition) is 1. The molecule has 1 aliphatic carbocycles. The molecule has 0 unspecified atom stereocenters. The first-order valence-electron chi connectivity index (χ1n) is 6.69. The molecule has 3 rings (SSSR count). The summed E-state index contributed by atoms with van der Waals surface area (Å²) >= 11 is 6.05. The molecule has 1 heterocycles. The lowest BCUT2D eigenvalue weighted by molar-refractivity contribution is -0.124. The zero-order valence-corrected chi connectivity index (χ0v) is 11.7. The zero-order valence-electron chi connectivity index (χ0n) is 11.0. The zero-order chi connectivity index (χ0) is 14.0. The van der Waals surface area contributed by atoms with Crippen molar-refractivity contribution in [3.05, 3.63) is 59.2 Å². The Kier molecular flexibility index (Phi) is 3.45. The molecule has 102 valence electrons. The van der Waals surface area contributed by atoms with Gasteiger partial charge in [-0.1, -0.05) is 36.2 Å². The Balaban J connectivity index is 1.87. The molecular weight excluding hydrogens is 272 g/mol. The average Bonchev–Trinajstić information content (AvgIpc) is 2.38. The van der Waals surface area contributed by atoms with Gasteiger partial charge in [-0.15, -0.1) is 0 Å². The molecule has 3 nitrogen and oxygen atoms in total. The van der Waals surface area contributed by atoms with Gasteiger partial charge < -0.3 is 5.32 Å². The SMILES string of the molecule is O=C(Nc1ccccn1)C1(c2cccc(Cl)c2)CCC1. The summed E-state index contributed by atoms with van der Waals surface area (Å²) in [4.78, 5) is 16.8. The number of carbonyl (C=O) groups excluding carboxylic acids is 1. The average molecular weight is 287 g/mol. The highest BCUT2D eigenvalue weighted by atomic mass is 35.5. The fourth-order valence-electron chi connectivity index (χ4n) is 2.64. The molecule has 1 fully saturated rings. The van der Waals surface area contributed by atoms with Crippen LogP contribution in [0.4, 0.5) is 5.82 Å². The van der Waals surface area contributed by atoms with Gasteiger partial charge in [-0.25, -0.2) is 4.98 Å². The molecule has 1 aromatic heterocycles. The Morgan fingerprint density at radius 2 is 2.05 bits per heavy atom. The molecule has 1 aliphatic rings. The highest BCUT2D eigenvalue weighted by Crippen LogP contribution is 2.45. The van der Waals surface area contributed by atoms with Gasteiger partial charge in [0.2, 0.25) is 5.91 Å². The second kappa shape index (κ2) is 5.25. The smallest absolute Gasteiger partial charge is 0.236 e. The van der Waals surface area contributed by atoms with Crippen molar-refractivity contribution in [2.75, 3.05) is 5.32 Å². The molecule has 20 heavy (non-hydrogen) atoms. The van der Waals surface area contributed by atoms with Crippen LogP contribution in [0.25, 0.3) is 0 Å². The molecule has 0 spiro atoms. The Morgan fingerprint density at radius 3 is 2.65 bits per heavy atom. The van der Waals surface area contributed by atoms with E-state index in [0.717, 1.165) is 24.8 Å². The van der Waals surface area contributed by atoms with Crippen LogP contribution >= 0.6 is 11.6 Å². The second-order valence-electron chi connectivity index (χ2n) is 5.12. The van der Waals surface area contributed by atoms with Crippen LogP contribution in [0, 0.1) is 0 Å². The monoisotopic (exact) mass is 286 g/mol. The summed E-state index contributed by atoms with van der Waals surface area (Å²) in [7, 11) is 0. The number of aromatic nitrogens is 1. The van der Waals surface area contributed by atoms with E-state index in [1.165, 1.54) is 0 Å². The van der Waals surface area contributed by atoms with Gasteiger partial charge in [0.25, 0.3) is 0 Å². The number of hydrogen-bond acceptors (Lipinski definition) is 2. The molecular formula is C16H15ClN2O. The lowest BCUT2D eigenvalue weighted by atomic mass is 9.64. The van der Waals surface area contributed by atoms with Gasteiger partial charge in [0.15, 0.2) is 0 Å². The van der Waals surface area contributed by atoms with Crippen molar-refractivity contribution in [3.63, 3.8) is 0 Å². The fourth-order valence-corrected chi connectivity index (χ4v) is 2.83. The van der Waals surface area contributed by atoms with Crippen LogP contribution in [0.15, 0.2) is 48.7 Å². The molecule has 1 saturated carbocycles. The first-order chi connectivity index (χ1) is 9.71. The normalized spacial score (nSPS) is 16.2. The van der Waals surface area contributed by atoms with Gasteiger partial charge in [-0.3, -0.25) is 4.79 Å². The number of amides is 1. The van der Waals surface area contributed by atoms with E-state index in [0.29, 0.717) is 10.8 Å². The maximum atomic E-state index is 12.6. The third-order valence-electron chi connectivity index (χ3n) is 3.93. The van der Waals surface area contributed by atoms with Crippen LogP contribution in [0.1, 0.15) is 24.8 Å². The van der Waals surface area contributed by atoms with Gasteiger partial charge in [0.1, 0.15) is 5.82 Å². The van der Waals surface area contributed by atoms with Crippen molar-refractivity contribution in [2.24, 2.45) is 0 Å². The molecule has 2 aromatic rings. The van der Waals surface area contributed by atoms with Crippen LogP contribution in [0.2, 0.25) is 5.02 Å². The van der Waals surface area contributed by atoms with Gasteiger partial charge in [-0.05, 0) is 42.7 Å². The quantitative estimate of drug-likeness (QED) is 0.932. The molecule has 0 radical (unpaired) electrons. The summed E-state index contributed by atoms with van der Waals surface area (Å²) in [5, 5.41) is 3.58. The minimum Gasteiger partial charge on any atom is -0.310 e. The predicted octanol–water partition coefficient (Wildman–Crippen LogP) is 3.80. The van der Waals surface area contributed by atoms with Crippen molar-refractivity contribution in [2.45, 2.75) is 24.7 Å². The lowest BCUT2D eigenvalue weighted by Gasteiger charge is -2.40. The number of carbonyl (C=O) groups is 1. The van der Waals surface area contributed by atoms with Crippen LogP contribution in [-0.4, -0.2) is 10.9 Å². The highest BCUT2D eigenvalue weighted by Gasteiger charge is 2.45. The summed E-state index contributed by atoms with van der Waals surface area (Å²) in [6, 6.07) is 13.1. The lowest BCUT2D eigenvalue weighted by Crippen LogP contribution is -2.46. The number of halogens is 1. The van der Waals surface area contributed by atoms with Crippen molar-refractivity contribution >= 4 is 23.3 Å². The summed E-state index contributed by atoms with van der Waals surface area (Å²) < 4.78 is 0. The minimum absolute atomic E-state index is 0.00437. The Morgan fingerprint density at radius 1 is 1.20 bits per heavy atom. The van der Waals surface area contributed by atoms with Crippen molar-refractivity contribution in [1.82, 2.24) is 4.98 Å². The first kappa shape index (κ1) is 13.1. The van der Waals surface area contributed by atoms with Crippen LogP contribution in [0.5, 0.6) is 0 Å². The molecule has 0 atom stereocenters. The summed E-state index contributed by atoms with van der Waals surface area (Å²) in [6.07, 6.45) is 4.43. The number of anilines is 1. The van der Waals surface area contributed by atoms with E-state index in [-0.39, 0.29) is 5.91 Å². The number of rotatable bonds is 3. The molecule has 1 aromatic carbocycles. The Bertz CT molecular complexity index is 623. The molecule has 0 bridgehead atoms. The van der Waals surface area contributed by atoms with Crippen LogP contribution < -0.4 is 5.32 Å². The molecule has 1 N–H and O–H groups in total. The highest BCUT2D eigenvalue weighted by molar-refractivity contribution is 6.30. The maximum absolute atomic E-state index is 12.6. The molecule has 0 saturated heterocycles. The Hall–Kier alpha value is -1.87. The van der Waals surface area contributed by atoms with Gasteiger partial charge in [0.05, 0.1) is 5.41 Å². The number of nitrogens with zero attached hydrogens (tertiary/aromatic N) is 1. The Labute approximate surface area is 123 Å². The summed E-state index contributed by atoms with van der Waals surface area (Å²) in [6.45, 7) is 0. The summed E-state index contributed by atoms with van der Waals surface area (Å²) in [5.41, 5.74) is 0.535. The van der Waals surface area contributed by atoms with Gasteiger partial charge in [-0.2, -0.15) is 0 Å². The van der Waals surface area contributed by atoms with Crippen molar-refractivity contribution < 1.29 is 4.79 Å².